The maximum Gasteiger partial charge on any atom is 0.339 e. The van der Waals surface area contributed by atoms with E-state index in [-0.39, 0.29) is 18.0 Å². The molecule has 0 amide bonds. The Labute approximate surface area is 194 Å². The predicted molar refractivity (Wildman–Crippen MR) is 134 cm³/mol. The lowest BCUT2D eigenvalue weighted by Gasteiger charge is -2.13. The second-order valence-electron chi connectivity index (χ2n) is 8.64. The minimum atomic E-state index is -0.274. The Morgan fingerprint density at radius 1 is 0.909 bits per heavy atom. The zero-order valence-corrected chi connectivity index (χ0v) is 19.6. The van der Waals surface area contributed by atoms with E-state index in [1.54, 1.807) is 0 Å². The highest BCUT2D eigenvalue weighted by Crippen LogP contribution is 2.30. The summed E-state index contributed by atoms with van der Waals surface area (Å²) in [5, 5.41) is 3.04. The molecule has 1 heterocycles. The summed E-state index contributed by atoms with van der Waals surface area (Å²) in [4.78, 5) is 25.4. The fraction of sp³-hybridized carbons (Fsp3) is 0.310. The highest BCUT2D eigenvalue weighted by molar-refractivity contribution is 6.01. The summed E-state index contributed by atoms with van der Waals surface area (Å²) in [6, 6.07) is 17.4. The van der Waals surface area contributed by atoms with Crippen molar-refractivity contribution >= 4 is 27.5 Å². The molecule has 0 aliphatic heterocycles. The largest absolute Gasteiger partial charge is 0.485 e. The zero-order valence-electron chi connectivity index (χ0n) is 19.6. The van der Waals surface area contributed by atoms with Crippen LogP contribution in [0.15, 0.2) is 63.8 Å². The van der Waals surface area contributed by atoms with Crippen molar-refractivity contribution in [2.45, 2.75) is 52.9 Å². The van der Waals surface area contributed by atoms with E-state index in [4.69, 9.17) is 9.15 Å². The van der Waals surface area contributed by atoms with Gasteiger partial charge in [-0.05, 0) is 61.2 Å². The van der Waals surface area contributed by atoms with Crippen molar-refractivity contribution in [2.24, 2.45) is 0 Å². The first-order valence-corrected chi connectivity index (χ1v) is 11.7. The number of fused-ring (bicyclic) bond motifs is 2. The van der Waals surface area contributed by atoms with Gasteiger partial charge < -0.3 is 9.15 Å². The molecule has 4 heteroatoms. The van der Waals surface area contributed by atoms with E-state index in [1.807, 2.05) is 68.4 Å². The number of unbranched alkanes of at least 4 members (excludes halogenated alkanes) is 3. The molecular weight excluding hydrogens is 412 g/mol. The van der Waals surface area contributed by atoms with Crippen LogP contribution in [0.1, 0.15) is 59.7 Å². The maximum absolute atomic E-state index is 12.7. The average molecular weight is 443 g/mol. The monoisotopic (exact) mass is 442 g/mol. The van der Waals surface area contributed by atoms with Gasteiger partial charge >= 0.3 is 5.63 Å². The van der Waals surface area contributed by atoms with Crippen molar-refractivity contribution in [3.63, 3.8) is 0 Å². The van der Waals surface area contributed by atoms with Crippen molar-refractivity contribution in [1.29, 1.82) is 0 Å². The van der Waals surface area contributed by atoms with E-state index in [2.05, 4.69) is 6.92 Å². The summed E-state index contributed by atoms with van der Waals surface area (Å²) in [6.45, 7) is 5.94. The van der Waals surface area contributed by atoms with Crippen molar-refractivity contribution in [1.82, 2.24) is 0 Å². The summed E-state index contributed by atoms with van der Waals surface area (Å²) in [5.74, 6) is 0.454. The van der Waals surface area contributed by atoms with Gasteiger partial charge in [-0.1, -0.05) is 62.6 Å². The molecule has 0 atom stereocenters. The van der Waals surface area contributed by atoms with Gasteiger partial charge in [0, 0.05) is 22.1 Å². The molecule has 170 valence electrons. The molecule has 0 radical (unpaired) electrons. The number of benzene rings is 3. The minimum Gasteiger partial charge on any atom is -0.485 e. The Kier molecular flexibility index (Phi) is 6.93. The molecule has 1 aromatic heterocycles. The Bertz CT molecular complexity index is 1360. The molecule has 0 saturated heterocycles. The van der Waals surface area contributed by atoms with Crippen LogP contribution in [0.5, 0.6) is 5.75 Å². The zero-order chi connectivity index (χ0) is 23.4. The number of carbonyl (C=O) groups is 1. The van der Waals surface area contributed by atoms with Gasteiger partial charge in [-0.3, -0.25) is 4.79 Å². The molecule has 4 aromatic rings. The standard InChI is InChI=1S/C29H30O4/c1-4-5-6-7-12-25-19(2)24-15-16-27(20(3)28(24)33-29(25)31)32-18-26(30)23-14-13-21-10-8-9-11-22(21)17-23/h8-11,13-17H,4-7,12,18H2,1-3H3. The summed E-state index contributed by atoms with van der Waals surface area (Å²) >= 11 is 0. The molecular formula is C29H30O4. The second-order valence-corrected chi connectivity index (χ2v) is 8.64. The Morgan fingerprint density at radius 3 is 2.48 bits per heavy atom. The summed E-state index contributed by atoms with van der Waals surface area (Å²) < 4.78 is 11.6. The normalized spacial score (nSPS) is 11.2. The van der Waals surface area contributed by atoms with E-state index in [9.17, 15) is 9.59 Å². The SMILES string of the molecule is CCCCCCc1c(C)c2ccc(OCC(=O)c3ccc4ccccc4c3)c(C)c2oc1=O. The maximum atomic E-state index is 12.7. The molecule has 4 rings (SSSR count). The Balaban J connectivity index is 1.53. The minimum absolute atomic E-state index is 0.0799. The lowest BCUT2D eigenvalue weighted by molar-refractivity contribution is 0.0921. The first kappa shape index (κ1) is 22.8. The topological polar surface area (TPSA) is 56.5 Å². The molecule has 4 nitrogen and oxygen atoms in total. The predicted octanol–water partition coefficient (Wildman–Crippen LogP) is 6.95. The molecule has 0 aliphatic carbocycles. The van der Waals surface area contributed by atoms with E-state index in [0.29, 0.717) is 16.9 Å². The first-order valence-electron chi connectivity index (χ1n) is 11.7. The van der Waals surface area contributed by atoms with E-state index in [0.717, 1.165) is 58.5 Å². The third-order valence-electron chi connectivity index (χ3n) is 6.36. The van der Waals surface area contributed by atoms with Crippen LogP contribution in [-0.2, 0) is 6.42 Å². The number of hydrogen-bond acceptors (Lipinski definition) is 4. The van der Waals surface area contributed by atoms with Gasteiger partial charge in [0.25, 0.3) is 0 Å². The van der Waals surface area contributed by atoms with Crippen LogP contribution < -0.4 is 10.4 Å². The highest BCUT2D eigenvalue weighted by Gasteiger charge is 2.16. The number of ether oxygens (including phenoxy) is 1. The number of Topliss-reactive ketones (excluding diaryl/α,β-unsaturated/α-hetero) is 1. The van der Waals surface area contributed by atoms with Crippen LogP contribution in [0, 0.1) is 13.8 Å². The molecule has 0 N–H and O–H groups in total. The Hall–Kier alpha value is -3.40. The molecule has 3 aromatic carbocycles. The van der Waals surface area contributed by atoms with Crippen molar-refractivity contribution < 1.29 is 13.9 Å². The highest BCUT2D eigenvalue weighted by atomic mass is 16.5. The van der Waals surface area contributed by atoms with Gasteiger partial charge in [0.1, 0.15) is 11.3 Å². The van der Waals surface area contributed by atoms with E-state index < -0.39 is 0 Å². The van der Waals surface area contributed by atoms with Gasteiger partial charge in [0.2, 0.25) is 0 Å². The van der Waals surface area contributed by atoms with Gasteiger partial charge in [-0.15, -0.1) is 0 Å². The molecule has 0 saturated carbocycles. The fourth-order valence-corrected chi connectivity index (χ4v) is 4.33. The Morgan fingerprint density at radius 2 is 1.70 bits per heavy atom. The number of hydrogen-bond donors (Lipinski definition) is 0. The van der Waals surface area contributed by atoms with Crippen LogP contribution in [0.3, 0.4) is 0 Å². The van der Waals surface area contributed by atoms with Crippen LogP contribution in [0.25, 0.3) is 21.7 Å². The summed E-state index contributed by atoms with van der Waals surface area (Å²) in [6.07, 6.45) is 5.18. The number of aryl methyl sites for hydroxylation is 2. The van der Waals surface area contributed by atoms with Crippen LogP contribution in [-0.4, -0.2) is 12.4 Å². The van der Waals surface area contributed by atoms with Gasteiger partial charge in [-0.2, -0.15) is 0 Å². The molecule has 0 unspecified atom stereocenters. The molecule has 0 aliphatic rings. The van der Waals surface area contributed by atoms with Crippen molar-refractivity contribution in [3.05, 3.63) is 87.3 Å². The van der Waals surface area contributed by atoms with Crippen molar-refractivity contribution in [3.8, 4) is 5.75 Å². The van der Waals surface area contributed by atoms with Crippen LogP contribution in [0.4, 0.5) is 0 Å². The van der Waals surface area contributed by atoms with Crippen LogP contribution >= 0.6 is 0 Å². The third-order valence-corrected chi connectivity index (χ3v) is 6.36. The quantitative estimate of drug-likeness (QED) is 0.160. The number of ketones is 1. The van der Waals surface area contributed by atoms with E-state index >= 15 is 0 Å². The summed E-state index contributed by atoms with van der Waals surface area (Å²) in [5.41, 5.74) is 3.34. The second kappa shape index (κ2) is 10.0. The number of carbonyl (C=O) groups excluding carboxylic acids is 1. The van der Waals surface area contributed by atoms with Gasteiger partial charge in [0.15, 0.2) is 12.4 Å². The van der Waals surface area contributed by atoms with Crippen LogP contribution in [0.2, 0.25) is 0 Å². The number of rotatable bonds is 9. The lowest BCUT2D eigenvalue weighted by Crippen LogP contribution is -2.13. The molecule has 33 heavy (non-hydrogen) atoms. The van der Waals surface area contributed by atoms with Crippen molar-refractivity contribution in [2.75, 3.05) is 6.61 Å². The average Bonchev–Trinajstić information content (AvgIpc) is 2.83. The van der Waals surface area contributed by atoms with E-state index in [1.165, 1.54) is 6.42 Å². The molecule has 0 bridgehead atoms. The van der Waals surface area contributed by atoms with Gasteiger partial charge in [0.05, 0.1) is 0 Å². The van der Waals surface area contributed by atoms with Gasteiger partial charge in [-0.25, -0.2) is 4.79 Å². The lowest BCUT2D eigenvalue weighted by atomic mass is 9.99. The molecule has 0 fully saturated rings. The first-order chi connectivity index (χ1) is 16.0. The third kappa shape index (κ3) is 4.85. The fourth-order valence-electron chi connectivity index (χ4n) is 4.33. The smallest absolute Gasteiger partial charge is 0.339 e. The molecule has 0 spiro atoms. The summed E-state index contributed by atoms with van der Waals surface area (Å²) in [7, 11) is 0.